The molecule has 4 atom stereocenters. The molecule has 1 fully saturated rings. The Kier molecular flexibility index (Phi) is 2.73. The van der Waals surface area contributed by atoms with Crippen LogP contribution < -0.4 is 4.90 Å². The lowest BCUT2D eigenvalue weighted by molar-refractivity contribution is 0.666. The number of anilines is 1. The van der Waals surface area contributed by atoms with Gasteiger partial charge in [0.05, 0.1) is 6.04 Å². The maximum absolute atomic E-state index is 5.14. The van der Waals surface area contributed by atoms with E-state index in [1.807, 2.05) is 0 Å². The Bertz CT molecular complexity index is 755. The van der Waals surface area contributed by atoms with E-state index in [0.29, 0.717) is 11.5 Å². The van der Waals surface area contributed by atoms with Crippen LogP contribution >= 0.6 is 0 Å². The van der Waals surface area contributed by atoms with Gasteiger partial charge in [-0.3, -0.25) is 4.99 Å². The van der Waals surface area contributed by atoms with Gasteiger partial charge < -0.3 is 4.90 Å². The molecular formula is C21H22N2. The van der Waals surface area contributed by atoms with Crippen LogP contribution in [0.1, 0.15) is 26.2 Å². The van der Waals surface area contributed by atoms with Gasteiger partial charge in [0.25, 0.3) is 0 Å². The van der Waals surface area contributed by atoms with Gasteiger partial charge in [-0.05, 0) is 48.3 Å². The minimum absolute atomic E-state index is 0.140. The van der Waals surface area contributed by atoms with Crippen LogP contribution in [0.15, 0.2) is 71.3 Å². The normalized spacial score (nSPS) is 37.1. The summed E-state index contributed by atoms with van der Waals surface area (Å²) in [7, 11) is 0. The lowest BCUT2D eigenvalue weighted by Gasteiger charge is -2.32. The van der Waals surface area contributed by atoms with Crippen LogP contribution in [0.2, 0.25) is 0 Å². The molecule has 0 N–H and O–H groups in total. The Morgan fingerprint density at radius 3 is 2.91 bits per heavy atom. The quantitative estimate of drug-likeness (QED) is 0.734. The number of hydrogen-bond donors (Lipinski definition) is 0. The summed E-state index contributed by atoms with van der Waals surface area (Å²) in [6.07, 6.45) is 15.5. The number of allylic oxidation sites excluding steroid dienone is 3. The number of rotatable bonds is 2. The maximum atomic E-state index is 5.14. The van der Waals surface area contributed by atoms with Gasteiger partial charge in [-0.1, -0.05) is 55.5 Å². The highest BCUT2D eigenvalue weighted by Gasteiger charge is 2.49. The maximum Gasteiger partial charge on any atom is 0.147 e. The number of aliphatic imine (C=N–C) groups is 1. The predicted molar refractivity (Wildman–Crippen MR) is 95.7 cm³/mol. The van der Waals surface area contributed by atoms with E-state index in [-0.39, 0.29) is 6.17 Å². The number of para-hydroxylation sites is 1. The summed E-state index contributed by atoms with van der Waals surface area (Å²) in [5.41, 5.74) is 4.43. The topological polar surface area (TPSA) is 15.6 Å². The molecule has 116 valence electrons. The summed E-state index contributed by atoms with van der Waals surface area (Å²) in [5.74, 6) is 0.721. The monoisotopic (exact) mass is 302 g/mol. The molecule has 0 amide bonds. The second kappa shape index (κ2) is 4.70. The predicted octanol–water partition coefficient (Wildman–Crippen LogP) is 4.51. The van der Waals surface area contributed by atoms with Crippen molar-refractivity contribution in [1.82, 2.24) is 0 Å². The van der Waals surface area contributed by atoms with Crippen molar-refractivity contribution in [2.24, 2.45) is 16.3 Å². The van der Waals surface area contributed by atoms with Gasteiger partial charge in [0.1, 0.15) is 6.17 Å². The van der Waals surface area contributed by atoms with Gasteiger partial charge in [-0.2, -0.15) is 0 Å². The highest BCUT2D eigenvalue weighted by Crippen LogP contribution is 2.57. The van der Waals surface area contributed by atoms with Gasteiger partial charge in [-0.25, -0.2) is 0 Å². The molecule has 0 bridgehead atoms. The van der Waals surface area contributed by atoms with E-state index < -0.39 is 0 Å². The standard InChI is InChI=1S/C21H22N2/c1-21-12-11-15(13-16(21)14-21)20-22-18-9-5-6-10-19(18)23(20)17-7-3-2-4-8-17/h2-4,6-8,10-13,16,19-20H,5,9,14H2,1H3. The van der Waals surface area contributed by atoms with Crippen molar-refractivity contribution in [3.8, 4) is 0 Å². The largest absolute Gasteiger partial charge is 0.334 e. The van der Waals surface area contributed by atoms with Crippen LogP contribution in [0.5, 0.6) is 0 Å². The molecule has 5 rings (SSSR count). The van der Waals surface area contributed by atoms with Crippen molar-refractivity contribution >= 4 is 11.4 Å². The third kappa shape index (κ3) is 2.04. The molecule has 0 spiro atoms. The third-order valence-electron chi connectivity index (χ3n) is 5.83. The van der Waals surface area contributed by atoms with Crippen molar-refractivity contribution in [2.45, 2.75) is 38.4 Å². The average molecular weight is 302 g/mol. The van der Waals surface area contributed by atoms with E-state index in [2.05, 4.69) is 72.5 Å². The molecule has 1 aliphatic heterocycles. The molecule has 4 aliphatic rings. The second-order valence-corrected chi connectivity index (χ2v) is 7.47. The van der Waals surface area contributed by atoms with Gasteiger partial charge in [0.15, 0.2) is 0 Å². The first-order chi connectivity index (χ1) is 11.2. The van der Waals surface area contributed by atoms with E-state index in [1.54, 1.807) is 0 Å². The summed E-state index contributed by atoms with van der Waals surface area (Å²) in [4.78, 5) is 7.63. The Morgan fingerprint density at radius 2 is 2.09 bits per heavy atom. The van der Waals surface area contributed by atoms with E-state index in [1.165, 1.54) is 23.4 Å². The van der Waals surface area contributed by atoms with E-state index >= 15 is 0 Å². The van der Waals surface area contributed by atoms with Crippen LogP contribution in [0.3, 0.4) is 0 Å². The Morgan fingerprint density at radius 1 is 1.22 bits per heavy atom. The van der Waals surface area contributed by atoms with E-state index in [0.717, 1.165) is 18.8 Å². The van der Waals surface area contributed by atoms with Crippen LogP contribution in [0.4, 0.5) is 5.69 Å². The van der Waals surface area contributed by atoms with Gasteiger partial charge in [0, 0.05) is 11.4 Å². The highest BCUT2D eigenvalue weighted by molar-refractivity contribution is 5.98. The molecule has 0 radical (unpaired) electrons. The Balaban J connectivity index is 1.56. The molecule has 1 aromatic carbocycles. The van der Waals surface area contributed by atoms with Crippen LogP contribution in [0.25, 0.3) is 0 Å². The first kappa shape index (κ1) is 13.4. The van der Waals surface area contributed by atoms with Crippen molar-refractivity contribution < 1.29 is 0 Å². The fraction of sp³-hybridized carbons (Fsp3) is 0.381. The SMILES string of the molecule is CC12C=CC(C3N=C4CCC=CC4N3c3ccccc3)=CC1C2. The fourth-order valence-corrected chi connectivity index (χ4v) is 4.22. The fourth-order valence-electron chi connectivity index (χ4n) is 4.22. The molecule has 0 saturated heterocycles. The minimum Gasteiger partial charge on any atom is -0.334 e. The number of fused-ring (bicyclic) bond motifs is 2. The molecule has 0 aromatic heterocycles. The summed E-state index contributed by atoms with van der Waals surface area (Å²) in [5, 5.41) is 0. The Hall–Kier alpha value is -2.09. The van der Waals surface area contributed by atoms with E-state index in [9.17, 15) is 0 Å². The smallest absolute Gasteiger partial charge is 0.147 e. The summed E-state index contributed by atoms with van der Waals surface area (Å²) in [6.45, 7) is 2.36. The summed E-state index contributed by atoms with van der Waals surface area (Å²) >= 11 is 0. The summed E-state index contributed by atoms with van der Waals surface area (Å²) < 4.78 is 0. The van der Waals surface area contributed by atoms with Crippen LogP contribution in [0, 0.1) is 11.3 Å². The first-order valence-electron chi connectivity index (χ1n) is 8.72. The van der Waals surface area contributed by atoms with Crippen molar-refractivity contribution in [3.05, 3.63) is 66.3 Å². The molecule has 2 nitrogen and oxygen atoms in total. The highest BCUT2D eigenvalue weighted by atomic mass is 15.3. The summed E-state index contributed by atoms with van der Waals surface area (Å²) in [6, 6.07) is 11.1. The molecule has 1 heterocycles. The Labute approximate surface area is 137 Å². The van der Waals surface area contributed by atoms with Crippen LogP contribution in [-0.4, -0.2) is 17.9 Å². The minimum atomic E-state index is 0.140. The van der Waals surface area contributed by atoms with Crippen molar-refractivity contribution in [1.29, 1.82) is 0 Å². The van der Waals surface area contributed by atoms with Crippen LogP contribution in [-0.2, 0) is 0 Å². The lowest BCUT2D eigenvalue weighted by Crippen LogP contribution is -2.40. The van der Waals surface area contributed by atoms with Gasteiger partial charge >= 0.3 is 0 Å². The average Bonchev–Trinajstić information content (AvgIpc) is 3.12. The van der Waals surface area contributed by atoms with Crippen molar-refractivity contribution in [2.75, 3.05) is 4.90 Å². The zero-order chi connectivity index (χ0) is 15.4. The lowest BCUT2D eigenvalue weighted by atomic mass is 9.95. The molecular weight excluding hydrogens is 280 g/mol. The molecule has 2 heteroatoms. The molecule has 3 aliphatic carbocycles. The number of hydrogen-bond acceptors (Lipinski definition) is 2. The van der Waals surface area contributed by atoms with E-state index in [4.69, 9.17) is 4.99 Å². The van der Waals surface area contributed by atoms with Crippen molar-refractivity contribution in [3.63, 3.8) is 0 Å². The van der Waals surface area contributed by atoms with Gasteiger partial charge in [0.2, 0.25) is 0 Å². The van der Waals surface area contributed by atoms with Gasteiger partial charge in [-0.15, -0.1) is 0 Å². The number of benzene rings is 1. The zero-order valence-corrected chi connectivity index (χ0v) is 13.5. The molecule has 1 aromatic rings. The first-order valence-corrected chi connectivity index (χ1v) is 8.72. The molecule has 23 heavy (non-hydrogen) atoms. The molecule has 4 unspecified atom stereocenters. The number of nitrogens with zero attached hydrogens (tertiary/aromatic N) is 2. The zero-order valence-electron chi connectivity index (χ0n) is 13.5. The molecule has 1 saturated carbocycles. The third-order valence-corrected chi connectivity index (χ3v) is 5.83. The second-order valence-electron chi connectivity index (χ2n) is 7.47.